The molecule has 1 amide bonds. The Kier molecular flexibility index (Phi) is 5.23. The Bertz CT molecular complexity index is 587. The van der Waals surface area contributed by atoms with Crippen molar-refractivity contribution in [3.8, 4) is 5.75 Å². The number of hydrogen-bond donors (Lipinski definition) is 1. The van der Waals surface area contributed by atoms with Crippen molar-refractivity contribution in [2.45, 2.75) is 6.61 Å². The highest BCUT2D eigenvalue weighted by atomic mass is 127. The molecule has 0 aliphatic rings. The molecule has 5 heteroatoms. The maximum atomic E-state index is 11.7. The highest BCUT2D eigenvalue weighted by Crippen LogP contribution is 2.26. The molecular formula is C15H14INO3. The molecular weight excluding hydrogens is 369 g/mol. The Hall–Kier alpha value is -1.76. The minimum Gasteiger partial charge on any atom is -0.495 e. The third-order valence-electron chi connectivity index (χ3n) is 2.61. The molecule has 0 saturated carbocycles. The molecule has 0 fully saturated rings. The molecule has 0 radical (unpaired) electrons. The van der Waals surface area contributed by atoms with E-state index < -0.39 is 6.09 Å². The second-order valence-corrected chi connectivity index (χ2v) is 5.28. The van der Waals surface area contributed by atoms with E-state index in [1.165, 1.54) is 0 Å². The number of halogens is 1. The van der Waals surface area contributed by atoms with Crippen LogP contribution in [-0.4, -0.2) is 13.2 Å². The predicted molar refractivity (Wildman–Crippen MR) is 86.0 cm³/mol. The number of amides is 1. The summed E-state index contributed by atoms with van der Waals surface area (Å²) in [4.78, 5) is 11.7. The van der Waals surface area contributed by atoms with E-state index in [1.54, 1.807) is 13.2 Å². The largest absolute Gasteiger partial charge is 0.495 e. The number of anilines is 1. The fraction of sp³-hybridized carbons (Fsp3) is 0.133. The van der Waals surface area contributed by atoms with Crippen LogP contribution in [0.5, 0.6) is 5.75 Å². The second-order valence-electron chi connectivity index (χ2n) is 4.03. The number of carbonyl (C=O) groups is 1. The van der Waals surface area contributed by atoms with Crippen molar-refractivity contribution in [2.24, 2.45) is 0 Å². The number of rotatable bonds is 4. The SMILES string of the molecule is COc1cc(I)ccc1NC(=O)OCc1ccccc1. The summed E-state index contributed by atoms with van der Waals surface area (Å²) in [5, 5.41) is 2.67. The molecule has 0 heterocycles. The minimum atomic E-state index is -0.506. The lowest BCUT2D eigenvalue weighted by molar-refractivity contribution is 0.155. The summed E-state index contributed by atoms with van der Waals surface area (Å²) in [6.07, 6.45) is -0.506. The van der Waals surface area contributed by atoms with Crippen LogP contribution in [0.3, 0.4) is 0 Å². The lowest BCUT2D eigenvalue weighted by Crippen LogP contribution is -2.14. The van der Waals surface area contributed by atoms with Crippen LogP contribution >= 0.6 is 22.6 Å². The monoisotopic (exact) mass is 383 g/mol. The van der Waals surface area contributed by atoms with E-state index in [-0.39, 0.29) is 6.61 Å². The molecule has 2 aromatic rings. The Morgan fingerprint density at radius 1 is 1.20 bits per heavy atom. The highest BCUT2D eigenvalue weighted by Gasteiger charge is 2.08. The third-order valence-corrected chi connectivity index (χ3v) is 3.28. The zero-order valence-electron chi connectivity index (χ0n) is 10.9. The molecule has 104 valence electrons. The summed E-state index contributed by atoms with van der Waals surface area (Å²) in [7, 11) is 1.56. The van der Waals surface area contributed by atoms with Crippen LogP contribution in [0.4, 0.5) is 10.5 Å². The Morgan fingerprint density at radius 2 is 1.95 bits per heavy atom. The normalized spacial score (nSPS) is 9.90. The third kappa shape index (κ3) is 4.12. The van der Waals surface area contributed by atoms with Gasteiger partial charge in [0.1, 0.15) is 12.4 Å². The van der Waals surface area contributed by atoms with E-state index in [0.29, 0.717) is 11.4 Å². The fourth-order valence-corrected chi connectivity index (χ4v) is 2.10. The van der Waals surface area contributed by atoms with Crippen LogP contribution in [0.1, 0.15) is 5.56 Å². The van der Waals surface area contributed by atoms with Crippen molar-refractivity contribution in [3.05, 3.63) is 57.7 Å². The number of ether oxygens (including phenoxy) is 2. The standard InChI is InChI=1S/C15H14INO3/c1-19-14-9-12(16)7-8-13(14)17-15(18)20-10-11-5-3-2-4-6-11/h2-9H,10H2,1H3,(H,17,18). The smallest absolute Gasteiger partial charge is 0.412 e. The lowest BCUT2D eigenvalue weighted by atomic mass is 10.2. The molecule has 0 atom stereocenters. The minimum absolute atomic E-state index is 0.235. The van der Waals surface area contributed by atoms with Crippen molar-refractivity contribution in [1.29, 1.82) is 0 Å². The first-order valence-electron chi connectivity index (χ1n) is 6.00. The Labute approximate surface area is 131 Å². The van der Waals surface area contributed by atoms with Crippen molar-refractivity contribution in [3.63, 3.8) is 0 Å². The summed E-state index contributed by atoms with van der Waals surface area (Å²) in [6, 6.07) is 15.0. The summed E-state index contributed by atoms with van der Waals surface area (Å²) in [5.41, 5.74) is 1.53. The molecule has 0 saturated heterocycles. The zero-order valence-corrected chi connectivity index (χ0v) is 13.1. The molecule has 4 nitrogen and oxygen atoms in total. The van der Waals surface area contributed by atoms with Crippen LogP contribution in [-0.2, 0) is 11.3 Å². The molecule has 0 spiro atoms. The first kappa shape index (κ1) is 14.6. The van der Waals surface area contributed by atoms with Crippen LogP contribution in [0.2, 0.25) is 0 Å². The topological polar surface area (TPSA) is 47.6 Å². The van der Waals surface area contributed by atoms with Gasteiger partial charge in [-0.05, 0) is 46.4 Å². The number of carbonyl (C=O) groups excluding carboxylic acids is 1. The number of benzene rings is 2. The van der Waals surface area contributed by atoms with Crippen molar-refractivity contribution >= 4 is 34.4 Å². The second kappa shape index (κ2) is 7.14. The van der Waals surface area contributed by atoms with E-state index in [4.69, 9.17) is 9.47 Å². The molecule has 0 aliphatic carbocycles. The van der Waals surface area contributed by atoms with Gasteiger partial charge >= 0.3 is 6.09 Å². The molecule has 0 unspecified atom stereocenters. The summed E-state index contributed by atoms with van der Waals surface area (Å²) in [6.45, 7) is 0.235. The van der Waals surface area contributed by atoms with Gasteiger partial charge in [0.25, 0.3) is 0 Å². The lowest BCUT2D eigenvalue weighted by Gasteiger charge is -2.11. The first-order valence-corrected chi connectivity index (χ1v) is 7.08. The molecule has 0 aliphatic heterocycles. The quantitative estimate of drug-likeness (QED) is 0.811. The van der Waals surface area contributed by atoms with Crippen LogP contribution in [0, 0.1) is 3.57 Å². The molecule has 2 rings (SSSR count). The highest BCUT2D eigenvalue weighted by molar-refractivity contribution is 14.1. The zero-order chi connectivity index (χ0) is 14.4. The fourth-order valence-electron chi connectivity index (χ4n) is 1.64. The van der Waals surface area contributed by atoms with Gasteiger partial charge in [0.2, 0.25) is 0 Å². The van der Waals surface area contributed by atoms with E-state index in [2.05, 4.69) is 27.9 Å². The van der Waals surface area contributed by atoms with Gasteiger partial charge in [0.15, 0.2) is 0 Å². The van der Waals surface area contributed by atoms with Gasteiger partial charge in [-0.2, -0.15) is 0 Å². The van der Waals surface area contributed by atoms with E-state index >= 15 is 0 Å². The van der Waals surface area contributed by atoms with Gasteiger partial charge in [0, 0.05) is 3.57 Å². The predicted octanol–water partition coefficient (Wildman–Crippen LogP) is 4.05. The molecule has 1 N–H and O–H groups in total. The van der Waals surface area contributed by atoms with Crippen LogP contribution in [0.15, 0.2) is 48.5 Å². The van der Waals surface area contributed by atoms with Gasteiger partial charge in [0.05, 0.1) is 12.8 Å². The van der Waals surface area contributed by atoms with E-state index in [1.807, 2.05) is 42.5 Å². The molecule has 0 aromatic heterocycles. The van der Waals surface area contributed by atoms with Crippen LogP contribution in [0.25, 0.3) is 0 Å². The van der Waals surface area contributed by atoms with Crippen LogP contribution < -0.4 is 10.1 Å². The number of methoxy groups -OCH3 is 1. The average molecular weight is 383 g/mol. The van der Waals surface area contributed by atoms with Crippen molar-refractivity contribution in [2.75, 3.05) is 12.4 Å². The average Bonchev–Trinajstić information content (AvgIpc) is 2.48. The first-order chi connectivity index (χ1) is 9.69. The number of nitrogens with one attached hydrogen (secondary N) is 1. The van der Waals surface area contributed by atoms with Gasteiger partial charge in [-0.25, -0.2) is 4.79 Å². The molecule has 2 aromatic carbocycles. The molecule has 20 heavy (non-hydrogen) atoms. The number of hydrogen-bond acceptors (Lipinski definition) is 3. The summed E-state index contributed by atoms with van der Waals surface area (Å²) in [5.74, 6) is 0.605. The summed E-state index contributed by atoms with van der Waals surface area (Å²) < 4.78 is 11.4. The maximum absolute atomic E-state index is 11.7. The Morgan fingerprint density at radius 3 is 2.65 bits per heavy atom. The molecule has 0 bridgehead atoms. The maximum Gasteiger partial charge on any atom is 0.412 e. The van der Waals surface area contributed by atoms with Gasteiger partial charge < -0.3 is 9.47 Å². The van der Waals surface area contributed by atoms with Gasteiger partial charge in [-0.1, -0.05) is 30.3 Å². The van der Waals surface area contributed by atoms with Gasteiger partial charge in [-0.3, -0.25) is 5.32 Å². The van der Waals surface area contributed by atoms with E-state index in [0.717, 1.165) is 9.13 Å². The van der Waals surface area contributed by atoms with Crippen molar-refractivity contribution in [1.82, 2.24) is 0 Å². The Balaban J connectivity index is 1.95. The summed E-state index contributed by atoms with van der Waals surface area (Å²) >= 11 is 2.18. The van der Waals surface area contributed by atoms with E-state index in [9.17, 15) is 4.79 Å². The van der Waals surface area contributed by atoms with Crippen molar-refractivity contribution < 1.29 is 14.3 Å². The van der Waals surface area contributed by atoms with Gasteiger partial charge in [-0.15, -0.1) is 0 Å².